The minimum Gasteiger partial charge on any atom is -0.393 e. The van der Waals surface area contributed by atoms with Gasteiger partial charge in [-0.15, -0.1) is 0 Å². The van der Waals surface area contributed by atoms with E-state index in [9.17, 15) is 5.11 Å². The molecule has 1 N–H and O–H groups in total. The molecule has 0 radical (unpaired) electrons. The van der Waals surface area contributed by atoms with Crippen molar-refractivity contribution >= 4 is 0 Å². The van der Waals surface area contributed by atoms with Crippen molar-refractivity contribution in [3.8, 4) is 0 Å². The molecule has 3 saturated heterocycles. The maximum absolute atomic E-state index is 10.4. The second-order valence-electron chi connectivity index (χ2n) is 6.37. The van der Waals surface area contributed by atoms with Crippen molar-refractivity contribution in [2.75, 3.05) is 26.4 Å². The molecule has 0 bridgehead atoms. The molecule has 3 rings (SSSR count). The van der Waals surface area contributed by atoms with Crippen LogP contribution in [0.4, 0.5) is 0 Å². The van der Waals surface area contributed by atoms with E-state index in [1.807, 2.05) is 0 Å². The molecule has 3 fully saturated rings. The molecule has 3 aliphatic heterocycles. The molecule has 0 aliphatic carbocycles. The van der Waals surface area contributed by atoms with Gasteiger partial charge in [0.15, 0.2) is 0 Å². The van der Waals surface area contributed by atoms with E-state index in [0.717, 1.165) is 58.3 Å². The van der Waals surface area contributed by atoms with Crippen molar-refractivity contribution in [1.29, 1.82) is 0 Å². The highest BCUT2D eigenvalue weighted by atomic mass is 16.6. The van der Waals surface area contributed by atoms with Crippen LogP contribution in [-0.2, 0) is 14.2 Å². The molecule has 1 spiro atoms. The Hall–Kier alpha value is -0.160. The van der Waals surface area contributed by atoms with Crippen LogP contribution in [-0.4, -0.2) is 49.3 Å². The van der Waals surface area contributed by atoms with Crippen LogP contribution >= 0.6 is 0 Å². The molecule has 19 heavy (non-hydrogen) atoms. The van der Waals surface area contributed by atoms with Crippen LogP contribution in [0.5, 0.6) is 0 Å². The van der Waals surface area contributed by atoms with E-state index in [1.54, 1.807) is 0 Å². The van der Waals surface area contributed by atoms with E-state index >= 15 is 0 Å². The summed E-state index contributed by atoms with van der Waals surface area (Å²) in [6, 6.07) is 0. The predicted molar refractivity (Wildman–Crippen MR) is 71.1 cm³/mol. The van der Waals surface area contributed by atoms with Gasteiger partial charge in [-0.05, 0) is 44.4 Å². The molecule has 0 aromatic rings. The number of hydrogen-bond donors (Lipinski definition) is 1. The fourth-order valence-electron chi connectivity index (χ4n) is 3.72. The zero-order valence-corrected chi connectivity index (χ0v) is 11.7. The third-order valence-corrected chi connectivity index (χ3v) is 4.95. The van der Waals surface area contributed by atoms with E-state index in [0.29, 0.717) is 18.6 Å². The zero-order valence-electron chi connectivity index (χ0n) is 11.7. The predicted octanol–water partition coefficient (Wildman–Crippen LogP) is 1.89. The van der Waals surface area contributed by atoms with Gasteiger partial charge < -0.3 is 19.3 Å². The summed E-state index contributed by atoms with van der Waals surface area (Å²) in [5.41, 5.74) is -0.0895. The Balaban J connectivity index is 1.47. The van der Waals surface area contributed by atoms with Gasteiger partial charge in [0.1, 0.15) is 0 Å². The molecule has 0 amide bonds. The van der Waals surface area contributed by atoms with Gasteiger partial charge in [-0.3, -0.25) is 0 Å². The molecular weight excluding hydrogens is 244 g/mol. The molecular formula is C15H26O4. The van der Waals surface area contributed by atoms with Gasteiger partial charge in [0.05, 0.1) is 24.4 Å². The quantitative estimate of drug-likeness (QED) is 0.847. The van der Waals surface area contributed by atoms with Crippen LogP contribution < -0.4 is 0 Å². The monoisotopic (exact) mass is 270 g/mol. The lowest BCUT2D eigenvalue weighted by atomic mass is 9.81. The summed E-state index contributed by atoms with van der Waals surface area (Å²) >= 11 is 0. The number of rotatable bonds is 4. The van der Waals surface area contributed by atoms with Crippen LogP contribution in [0.2, 0.25) is 0 Å². The second kappa shape index (κ2) is 6.08. The Kier molecular flexibility index (Phi) is 4.42. The van der Waals surface area contributed by atoms with Gasteiger partial charge in [0.2, 0.25) is 0 Å². The topological polar surface area (TPSA) is 47.9 Å². The number of ether oxygens (including phenoxy) is 3. The summed E-state index contributed by atoms with van der Waals surface area (Å²) in [5.74, 6) is 0.372. The van der Waals surface area contributed by atoms with Crippen molar-refractivity contribution in [2.24, 2.45) is 5.92 Å². The number of aliphatic hydroxyl groups excluding tert-OH is 1. The summed E-state index contributed by atoms with van der Waals surface area (Å²) in [6.07, 6.45) is 7.32. The van der Waals surface area contributed by atoms with E-state index < -0.39 is 0 Å². The van der Waals surface area contributed by atoms with E-state index in [1.165, 1.54) is 6.42 Å². The van der Waals surface area contributed by atoms with Crippen LogP contribution in [0.15, 0.2) is 0 Å². The van der Waals surface area contributed by atoms with Gasteiger partial charge in [-0.2, -0.15) is 0 Å². The molecule has 0 aromatic carbocycles. The van der Waals surface area contributed by atoms with E-state index in [2.05, 4.69) is 0 Å². The van der Waals surface area contributed by atoms with Gasteiger partial charge in [0.25, 0.3) is 0 Å². The van der Waals surface area contributed by atoms with Crippen molar-refractivity contribution < 1.29 is 19.3 Å². The lowest BCUT2D eigenvalue weighted by Crippen LogP contribution is -2.43. The Morgan fingerprint density at radius 3 is 2.89 bits per heavy atom. The second-order valence-corrected chi connectivity index (χ2v) is 6.37. The van der Waals surface area contributed by atoms with Crippen molar-refractivity contribution in [1.82, 2.24) is 0 Å². The summed E-state index contributed by atoms with van der Waals surface area (Å²) in [7, 11) is 0. The van der Waals surface area contributed by atoms with E-state index in [4.69, 9.17) is 14.2 Å². The molecule has 4 atom stereocenters. The lowest BCUT2D eigenvalue weighted by Gasteiger charge is -2.39. The average molecular weight is 270 g/mol. The summed E-state index contributed by atoms with van der Waals surface area (Å²) in [4.78, 5) is 0. The molecule has 4 unspecified atom stereocenters. The molecule has 3 aliphatic rings. The fourth-order valence-corrected chi connectivity index (χ4v) is 3.72. The van der Waals surface area contributed by atoms with Gasteiger partial charge in [-0.1, -0.05) is 0 Å². The third kappa shape index (κ3) is 3.30. The molecule has 3 heterocycles. The lowest BCUT2D eigenvalue weighted by molar-refractivity contribution is -0.118. The van der Waals surface area contributed by atoms with Crippen LogP contribution in [0, 0.1) is 5.92 Å². The normalized spacial score (nSPS) is 40.9. The van der Waals surface area contributed by atoms with Crippen LogP contribution in [0.1, 0.15) is 44.9 Å². The minimum absolute atomic E-state index is 0.0895. The fraction of sp³-hybridized carbons (Fsp3) is 1.00. The number of hydrogen-bond acceptors (Lipinski definition) is 4. The Morgan fingerprint density at radius 2 is 2.16 bits per heavy atom. The molecule has 110 valence electrons. The smallest absolute Gasteiger partial charge is 0.0940 e. The van der Waals surface area contributed by atoms with Gasteiger partial charge in [0, 0.05) is 26.2 Å². The highest BCUT2D eigenvalue weighted by Crippen LogP contribution is 2.38. The summed E-state index contributed by atoms with van der Waals surface area (Å²) in [6.45, 7) is 3.18. The molecule has 4 heteroatoms. The third-order valence-electron chi connectivity index (χ3n) is 4.95. The van der Waals surface area contributed by atoms with E-state index in [-0.39, 0.29) is 11.7 Å². The van der Waals surface area contributed by atoms with Crippen molar-refractivity contribution in [2.45, 2.75) is 62.8 Å². The first kappa shape index (κ1) is 13.8. The van der Waals surface area contributed by atoms with Gasteiger partial charge in [-0.25, -0.2) is 0 Å². The highest BCUT2D eigenvalue weighted by molar-refractivity contribution is 4.92. The Labute approximate surface area is 115 Å². The summed E-state index contributed by atoms with van der Waals surface area (Å²) < 4.78 is 17.0. The zero-order chi connectivity index (χ0) is 13.1. The molecule has 0 aromatic heterocycles. The first-order chi connectivity index (χ1) is 9.27. The first-order valence-corrected chi connectivity index (χ1v) is 7.79. The van der Waals surface area contributed by atoms with Crippen molar-refractivity contribution in [3.63, 3.8) is 0 Å². The highest BCUT2D eigenvalue weighted by Gasteiger charge is 2.42. The summed E-state index contributed by atoms with van der Waals surface area (Å²) in [5, 5.41) is 10.4. The molecule has 0 saturated carbocycles. The van der Waals surface area contributed by atoms with Crippen LogP contribution in [0.3, 0.4) is 0 Å². The Morgan fingerprint density at radius 1 is 1.21 bits per heavy atom. The number of aliphatic hydroxyl groups is 1. The standard InChI is InChI=1S/C15H26O4/c16-14(4-3-13-2-1-7-18-13)12-5-8-19-15(10-12)6-9-17-11-15/h12-14,16H,1-11H2. The largest absolute Gasteiger partial charge is 0.393 e. The van der Waals surface area contributed by atoms with Crippen molar-refractivity contribution in [3.05, 3.63) is 0 Å². The maximum atomic E-state index is 10.4. The Bertz CT molecular complexity index is 282. The minimum atomic E-state index is -0.203. The maximum Gasteiger partial charge on any atom is 0.0940 e. The average Bonchev–Trinajstić information content (AvgIpc) is 3.08. The SMILES string of the molecule is OC(CCC1CCCO1)C1CCOC2(CCOC2)C1. The molecule has 4 nitrogen and oxygen atoms in total. The van der Waals surface area contributed by atoms with Crippen LogP contribution in [0.25, 0.3) is 0 Å². The first-order valence-electron chi connectivity index (χ1n) is 7.79. The van der Waals surface area contributed by atoms with Gasteiger partial charge >= 0.3 is 0 Å².